The largest absolute Gasteiger partial charge is 0.481 e. The number of hydrogen-bond acceptors (Lipinski definition) is 5. The molecule has 0 atom stereocenters. The SMILES string of the molecule is COc1ccc(C(=O)N2CCC(c3nnc4n3CCC4)CC2)cn1. The van der Waals surface area contributed by atoms with E-state index in [1.54, 1.807) is 25.4 Å². The van der Waals surface area contributed by atoms with Crippen molar-refractivity contribution in [2.45, 2.75) is 38.1 Å². The predicted molar refractivity (Wildman–Crippen MR) is 87.0 cm³/mol. The number of carbonyl (C=O) groups excluding carboxylic acids is 1. The first-order chi connectivity index (χ1) is 11.8. The second kappa shape index (κ2) is 6.22. The molecule has 0 bridgehead atoms. The van der Waals surface area contributed by atoms with Crippen molar-refractivity contribution in [3.05, 3.63) is 35.5 Å². The Morgan fingerprint density at radius 3 is 2.75 bits per heavy atom. The maximum atomic E-state index is 12.6. The Morgan fingerprint density at radius 2 is 2.04 bits per heavy atom. The molecule has 7 nitrogen and oxygen atoms in total. The van der Waals surface area contributed by atoms with Gasteiger partial charge in [-0.3, -0.25) is 4.79 Å². The summed E-state index contributed by atoms with van der Waals surface area (Å²) in [4.78, 5) is 18.6. The van der Waals surface area contributed by atoms with Crippen molar-refractivity contribution in [2.75, 3.05) is 20.2 Å². The number of amides is 1. The first-order valence-electron chi connectivity index (χ1n) is 8.47. The fourth-order valence-corrected chi connectivity index (χ4v) is 3.63. The molecule has 2 aromatic rings. The minimum Gasteiger partial charge on any atom is -0.481 e. The highest BCUT2D eigenvalue weighted by atomic mass is 16.5. The molecule has 126 valence electrons. The van der Waals surface area contributed by atoms with Crippen LogP contribution in [-0.4, -0.2) is 50.8 Å². The smallest absolute Gasteiger partial charge is 0.255 e. The van der Waals surface area contributed by atoms with Crippen LogP contribution in [0.15, 0.2) is 18.3 Å². The van der Waals surface area contributed by atoms with E-state index in [0.29, 0.717) is 17.4 Å². The third kappa shape index (κ3) is 2.64. The minimum atomic E-state index is 0.0371. The Balaban J connectivity index is 1.41. The van der Waals surface area contributed by atoms with E-state index in [0.717, 1.165) is 50.5 Å². The van der Waals surface area contributed by atoms with Gasteiger partial charge in [-0.1, -0.05) is 0 Å². The molecule has 2 aromatic heterocycles. The fraction of sp³-hybridized carbons (Fsp3) is 0.529. The lowest BCUT2D eigenvalue weighted by Gasteiger charge is -2.31. The Hall–Kier alpha value is -2.44. The van der Waals surface area contributed by atoms with Crippen molar-refractivity contribution in [1.82, 2.24) is 24.6 Å². The number of piperidine rings is 1. The Labute approximate surface area is 140 Å². The lowest BCUT2D eigenvalue weighted by atomic mass is 9.95. The third-order valence-corrected chi connectivity index (χ3v) is 4.98. The molecule has 0 radical (unpaired) electrons. The minimum absolute atomic E-state index is 0.0371. The summed E-state index contributed by atoms with van der Waals surface area (Å²) in [5, 5.41) is 8.70. The van der Waals surface area contributed by atoms with Gasteiger partial charge in [-0.05, 0) is 25.3 Å². The van der Waals surface area contributed by atoms with Gasteiger partial charge in [-0.15, -0.1) is 10.2 Å². The van der Waals surface area contributed by atoms with Crippen LogP contribution in [0.2, 0.25) is 0 Å². The second-order valence-corrected chi connectivity index (χ2v) is 6.39. The van der Waals surface area contributed by atoms with Gasteiger partial charge in [0.1, 0.15) is 11.6 Å². The quantitative estimate of drug-likeness (QED) is 0.857. The fourth-order valence-electron chi connectivity index (χ4n) is 3.63. The summed E-state index contributed by atoms with van der Waals surface area (Å²) in [5.41, 5.74) is 0.609. The lowest BCUT2D eigenvalue weighted by molar-refractivity contribution is 0.0709. The zero-order valence-corrected chi connectivity index (χ0v) is 13.8. The number of carbonyl (C=O) groups is 1. The van der Waals surface area contributed by atoms with E-state index in [1.165, 1.54) is 6.42 Å². The van der Waals surface area contributed by atoms with Crippen LogP contribution in [-0.2, 0) is 13.0 Å². The maximum absolute atomic E-state index is 12.6. The molecule has 2 aliphatic heterocycles. The van der Waals surface area contributed by atoms with Crippen LogP contribution in [0.4, 0.5) is 0 Å². The van der Waals surface area contributed by atoms with Crippen LogP contribution < -0.4 is 4.74 Å². The third-order valence-electron chi connectivity index (χ3n) is 4.98. The maximum Gasteiger partial charge on any atom is 0.255 e. The summed E-state index contributed by atoms with van der Waals surface area (Å²) < 4.78 is 7.31. The number of fused-ring (bicyclic) bond motifs is 1. The number of ether oxygens (including phenoxy) is 1. The molecule has 4 heterocycles. The molecule has 0 saturated carbocycles. The van der Waals surface area contributed by atoms with Crippen molar-refractivity contribution < 1.29 is 9.53 Å². The Kier molecular flexibility index (Phi) is 3.92. The van der Waals surface area contributed by atoms with Gasteiger partial charge >= 0.3 is 0 Å². The number of likely N-dealkylation sites (tertiary alicyclic amines) is 1. The molecule has 1 fully saturated rings. The van der Waals surface area contributed by atoms with Crippen molar-refractivity contribution in [1.29, 1.82) is 0 Å². The average molecular weight is 327 g/mol. The monoisotopic (exact) mass is 327 g/mol. The van der Waals surface area contributed by atoms with Crippen LogP contribution in [0.5, 0.6) is 5.88 Å². The highest BCUT2D eigenvalue weighted by Crippen LogP contribution is 2.29. The molecule has 0 aromatic carbocycles. The van der Waals surface area contributed by atoms with E-state index in [-0.39, 0.29) is 5.91 Å². The molecule has 1 amide bonds. The van der Waals surface area contributed by atoms with Crippen LogP contribution in [0.25, 0.3) is 0 Å². The molecule has 2 aliphatic rings. The average Bonchev–Trinajstić information content (AvgIpc) is 3.25. The summed E-state index contributed by atoms with van der Waals surface area (Å²) >= 11 is 0. The zero-order valence-electron chi connectivity index (χ0n) is 13.8. The molecule has 0 unspecified atom stereocenters. The standard InChI is InChI=1S/C17H21N5O2/c1-24-15-5-4-13(11-18-15)17(23)21-9-6-12(7-10-21)16-20-19-14-3-2-8-22(14)16/h4-5,11-12H,2-3,6-10H2,1H3. The number of nitrogens with zero attached hydrogens (tertiary/aromatic N) is 5. The lowest BCUT2D eigenvalue weighted by Crippen LogP contribution is -2.38. The molecule has 7 heteroatoms. The van der Waals surface area contributed by atoms with Gasteiger partial charge in [0.15, 0.2) is 0 Å². The van der Waals surface area contributed by atoms with Crippen molar-refractivity contribution in [3.63, 3.8) is 0 Å². The van der Waals surface area contributed by atoms with E-state index in [2.05, 4.69) is 19.7 Å². The van der Waals surface area contributed by atoms with Gasteiger partial charge < -0.3 is 14.2 Å². The van der Waals surface area contributed by atoms with Gasteiger partial charge in [0.2, 0.25) is 5.88 Å². The van der Waals surface area contributed by atoms with E-state index >= 15 is 0 Å². The number of aryl methyl sites for hydroxylation is 1. The molecule has 0 spiro atoms. The highest BCUT2D eigenvalue weighted by molar-refractivity contribution is 5.94. The van der Waals surface area contributed by atoms with E-state index in [4.69, 9.17) is 4.74 Å². The number of hydrogen-bond donors (Lipinski definition) is 0. The topological polar surface area (TPSA) is 73.1 Å². The van der Waals surface area contributed by atoms with Gasteiger partial charge in [0.25, 0.3) is 5.91 Å². The van der Waals surface area contributed by atoms with Gasteiger partial charge in [0.05, 0.1) is 12.7 Å². The highest BCUT2D eigenvalue weighted by Gasteiger charge is 2.29. The Morgan fingerprint density at radius 1 is 1.21 bits per heavy atom. The zero-order chi connectivity index (χ0) is 16.5. The first-order valence-corrected chi connectivity index (χ1v) is 8.47. The molecule has 24 heavy (non-hydrogen) atoms. The van der Waals surface area contributed by atoms with Crippen LogP contribution in [0.3, 0.4) is 0 Å². The molecule has 4 rings (SSSR count). The number of pyridine rings is 1. The van der Waals surface area contributed by atoms with E-state index in [9.17, 15) is 4.79 Å². The summed E-state index contributed by atoms with van der Waals surface area (Å²) in [5.74, 6) is 3.19. The number of methoxy groups -OCH3 is 1. The van der Waals surface area contributed by atoms with Gasteiger partial charge in [0, 0.05) is 44.2 Å². The Bertz CT molecular complexity index is 732. The summed E-state index contributed by atoms with van der Waals surface area (Å²) in [7, 11) is 1.57. The predicted octanol–water partition coefficient (Wildman–Crippen LogP) is 1.65. The summed E-state index contributed by atoms with van der Waals surface area (Å²) in [6.45, 7) is 2.53. The van der Waals surface area contributed by atoms with Crippen LogP contribution in [0, 0.1) is 0 Å². The first kappa shape index (κ1) is 15.1. The molecule has 0 aliphatic carbocycles. The van der Waals surface area contributed by atoms with Crippen molar-refractivity contribution >= 4 is 5.91 Å². The van der Waals surface area contributed by atoms with Crippen molar-refractivity contribution in [2.24, 2.45) is 0 Å². The number of rotatable bonds is 3. The normalized spacial score (nSPS) is 17.8. The number of aromatic nitrogens is 4. The van der Waals surface area contributed by atoms with Crippen LogP contribution >= 0.6 is 0 Å². The van der Waals surface area contributed by atoms with Crippen molar-refractivity contribution in [3.8, 4) is 5.88 Å². The van der Waals surface area contributed by atoms with Gasteiger partial charge in [-0.25, -0.2) is 4.98 Å². The summed E-state index contributed by atoms with van der Waals surface area (Å²) in [6, 6.07) is 3.49. The molecule has 0 N–H and O–H groups in total. The molecular formula is C17H21N5O2. The second-order valence-electron chi connectivity index (χ2n) is 6.39. The molecular weight excluding hydrogens is 306 g/mol. The van der Waals surface area contributed by atoms with Gasteiger partial charge in [-0.2, -0.15) is 0 Å². The van der Waals surface area contributed by atoms with E-state index < -0.39 is 0 Å². The van der Waals surface area contributed by atoms with Crippen LogP contribution in [0.1, 0.15) is 47.2 Å². The van der Waals surface area contributed by atoms with E-state index in [1.807, 2.05) is 4.90 Å². The molecule has 1 saturated heterocycles. The summed E-state index contributed by atoms with van der Waals surface area (Å²) in [6.07, 6.45) is 5.66.